The van der Waals surface area contributed by atoms with Crippen LogP contribution in [0.1, 0.15) is 16.7 Å². The highest BCUT2D eigenvalue weighted by Crippen LogP contribution is 2.25. The molecule has 0 radical (unpaired) electrons. The molecule has 0 aliphatic rings. The van der Waals surface area contributed by atoms with Crippen molar-refractivity contribution < 1.29 is 4.74 Å². The summed E-state index contributed by atoms with van der Waals surface area (Å²) in [6.45, 7) is 2.65. The summed E-state index contributed by atoms with van der Waals surface area (Å²) in [4.78, 5) is 0. The Balaban J connectivity index is 2.17. The van der Waals surface area contributed by atoms with Crippen molar-refractivity contribution in [2.24, 2.45) is 0 Å². The molecule has 0 amide bonds. The minimum absolute atomic E-state index is 0.538. The zero-order valence-electron chi connectivity index (χ0n) is 11.4. The summed E-state index contributed by atoms with van der Waals surface area (Å²) in [6, 6.07) is 13.3. The van der Waals surface area contributed by atoms with E-state index in [2.05, 4.69) is 17.5 Å². The third-order valence-electron chi connectivity index (χ3n) is 3.00. The Morgan fingerprint density at radius 1 is 1.25 bits per heavy atom. The molecule has 3 nitrogen and oxygen atoms in total. The van der Waals surface area contributed by atoms with Gasteiger partial charge in [-0.25, -0.2) is 0 Å². The van der Waals surface area contributed by atoms with Crippen molar-refractivity contribution in [3.05, 3.63) is 58.1 Å². The molecular weight excluding hydrogens is 272 g/mol. The Morgan fingerprint density at radius 3 is 2.70 bits per heavy atom. The van der Waals surface area contributed by atoms with Crippen molar-refractivity contribution in [2.75, 3.05) is 12.4 Å². The monoisotopic (exact) mass is 286 g/mol. The first kappa shape index (κ1) is 14.2. The summed E-state index contributed by atoms with van der Waals surface area (Å²) in [6.07, 6.45) is 0. The summed E-state index contributed by atoms with van der Waals surface area (Å²) in [5.74, 6) is 0.841. The number of nitrogens with zero attached hydrogens (tertiary/aromatic N) is 1. The van der Waals surface area contributed by atoms with E-state index >= 15 is 0 Å². The predicted molar refractivity (Wildman–Crippen MR) is 81.2 cm³/mol. The average molecular weight is 287 g/mol. The average Bonchev–Trinajstić information content (AvgIpc) is 2.46. The molecule has 0 fully saturated rings. The maximum Gasteiger partial charge on any atom is 0.123 e. The number of ether oxygens (including phenoxy) is 1. The summed E-state index contributed by atoms with van der Waals surface area (Å²) in [5.41, 5.74) is 3.59. The van der Waals surface area contributed by atoms with Gasteiger partial charge in [0.1, 0.15) is 5.75 Å². The second-order valence-electron chi connectivity index (χ2n) is 4.48. The van der Waals surface area contributed by atoms with Gasteiger partial charge in [0.25, 0.3) is 0 Å². The normalized spacial score (nSPS) is 9.90. The van der Waals surface area contributed by atoms with E-state index in [9.17, 15) is 0 Å². The van der Waals surface area contributed by atoms with Crippen LogP contribution in [0.2, 0.25) is 5.02 Å². The van der Waals surface area contributed by atoms with E-state index in [-0.39, 0.29) is 0 Å². The van der Waals surface area contributed by atoms with Crippen molar-refractivity contribution in [1.29, 1.82) is 5.26 Å². The SMILES string of the molecule is COc1ccc(C)cc1CNc1ccc(C#N)cc1Cl. The van der Waals surface area contributed by atoms with E-state index in [0.29, 0.717) is 17.1 Å². The van der Waals surface area contributed by atoms with Gasteiger partial charge in [-0.2, -0.15) is 5.26 Å². The van der Waals surface area contributed by atoms with Crippen LogP contribution in [0.4, 0.5) is 5.69 Å². The van der Waals surface area contributed by atoms with Crippen LogP contribution in [0.15, 0.2) is 36.4 Å². The van der Waals surface area contributed by atoms with Gasteiger partial charge in [-0.05, 0) is 31.2 Å². The lowest BCUT2D eigenvalue weighted by molar-refractivity contribution is 0.410. The Kier molecular flexibility index (Phi) is 4.49. The molecule has 0 heterocycles. The molecule has 0 saturated carbocycles. The zero-order valence-corrected chi connectivity index (χ0v) is 12.2. The molecule has 2 aromatic carbocycles. The third kappa shape index (κ3) is 3.23. The van der Waals surface area contributed by atoms with Gasteiger partial charge in [0.2, 0.25) is 0 Å². The highest BCUT2D eigenvalue weighted by Gasteiger charge is 2.05. The molecule has 1 N–H and O–H groups in total. The van der Waals surface area contributed by atoms with E-state index in [1.165, 1.54) is 5.56 Å². The fourth-order valence-corrected chi connectivity index (χ4v) is 2.21. The van der Waals surface area contributed by atoms with Gasteiger partial charge >= 0.3 is 0 Å². The Labute approximate surface area is 123 Å². The standard InChI is InChI=1S/C16H15ClN2O/c1-11-3-6-16(20-2)13(7-11)10-19-15-5-4-12(9-18)8-14(15)17/h3-8,19H,10H2,1-2H3. The number of anilines is 1. The highest BCUT2D eigenvalue weighted by atomic mass is 35.5. The molecule has 4 heteroatoms. The second kappa shape index (κ2) is 6.31. The van der Waals surface area contributed by atoms with Gasteiger partial charge < -0.3 is 10.1 Å². The maximum atomic E-state index is 8.81. The first-order valence-electron chi connectivity index (χ1n) is 6.21. The molecule has 0 aromatic heterocycles. The summed E-state index contributed by atoms with van der Waals surface area (Å²) in [5, 5.41) is 12.6. The third-order valence-corrected chi connectivity index (χ3v) is 3.32. The van der Waals surface area contributed by atoms with Crippen LogP contribution in [0.5, 0.6) is 5.75 Å². The first-order valence-corrected chi connectivity index (χ1v) is 6.59. The number of hydrogen-bond donors (Lipinski definition) is 1. The molecule has 0 saturated heterocycles. The number of benzene rings is 2. The number of nitrogens with one attached hydrogen (secondary N) is 1. The number of methoxy groups -OCH3 is 1. The van der Waals surface area contributed by atoms with Gasteiger partial charge in [0, 0.05) is 12.1 Å². The van der Waals surface area contributed by atoms with Crippen molar-refractivity contribution >= 4 is 17.3 Å². The number of halogens is 1. The van der Waals surface area contributed by atoms with Gasteiger partial charge in [-0.1, -0.05) is 29.3 Å². The van der Waals surface area contributed by atoms with E-state index in [1.54, 1.807) is 19.2 Å². The summed E-state index contributed by atoms with van der Waals surface area (Å²) < 4.78 is 5.34. The van der Waals surface area contributed by atoms with Crippen LogP contribution in [-0.4, -0.2) is 7.11 Å². The van der Waals surface area contributed by atoms with E-state index < -0.39 is 0 Å². The molecule has 0 unspecified atom stereocenters. The molecule has 0 atom stereocenters. The fourth-order valence-electron chi connectivity index (χ4n) is 1.96. The second-order valence-corrected chi connectivity index (χ2v) is 4.88. The molecule has 0 spiro atoms. The van der Waals surface area contributed by atoms with Crippen LogP contribution in [0, 0.1) is 18.3 Å². The topological polar surface area (TPSA) is 45.0 Å². The largest absolute Gasteiger partial charge is 0.496 e. The van der Waals surface area contributed by atoms with E-state index in [4.69, 9.17) is 21.6 Å². The molecule has 102 valence electrons. The van der Waals surface area contributed by atoms with Crippen molar-refractivity contribution in [3.63, 3.8) is 0 Å². The van der Waals surface area contributed by atoms with Crippen molar-refractivity contribution in [2.45, 2.75) is 13.5 Å². The van der Waals surface area contributed by atoms with Gasteiger partial charge in [0.05, 0.1) is 29.5 Å². The maximum absolute atomic E-state index is 8.81. The minimum atomic E-state index is 0.538. The number of aryl methyl sites for hydroxylation is 1. The van der Waals surface area contributed by atoms with Gasteiger partial charge in [0.15, 0.2) is 0 Å². The van der Waals surface area contributed by atoms with Crippen LogP contribution < -0.4 is 10.1 Å². The number of hydrogen-bond acceptors (Lipinski definition) is 3. The summed E-state index contributed by atoms with van der Waals surface area (Å²) in [7, 11) is 1.66. The van der Waals surface area contributed by atoms with E-state index in [1.807, 2.05) is 25.1 Å². The molecule has 20 heavy (non-hydrogen) atoms. The highest BCUT2D eigenvalue weighted by molar-refractivity contribution is 6.33. The van der Waals surface area contributed by atoms with Crippen LogP contribution >= 0.6 is 11.6 Å². The smallest absolute Gasteiger partial charge is 0.123 e. The van der Waals surface area contributed by atoms with Gasteiger partial charge in [-0.15, -0.1) is 0 Å². The number of rotatable bonds is 4. The van der Waals surface area contributed by atoms with Crippen LogP contribution in [0.3, 0.4) is 0 Å². The Bertz CT molecular complexity index is 662. The Morgan fingerprint density at radius 2 is 2.05 bits per heavy atom. The van der Waals surface area contributed by atoms with Crippen molar-refractivity contribution in [3.8, 4) is 11.8 Å². The zero-order chi connectivity index (χ0) is 14.5. The lowest BCUT2D eigenvalue weighted by Gasteiger charge is -2.12. The molecule has 2 aromatic rings. The fraction of sp³-hybridized carbons (Fsp3) is 0.188. The minimum Gasteiger partial charge on any atom is -0.496 e. The summed E-state index contributed by atoms with van der Waals surface area (Å²) >= 11 is 6.13. The van der Waals surface area contributed by atoms with Gasteiger partial charge in [-0.3, -0.25) is 0 Å². The quantitative estimate of drug-likeness (QED) is 0.919. The van der Waals surface area contributed by atoms with E-state index in [0.717, 1.165) is 17.0 Å². The lowest BCUT2D eigenvalue weighted by atomic mass is 10.1. The number of nitriles is 1. The molecule has 0 bridgehead atoms. The molecule has 2 rings (SSSR count). The van der Waals surface area contributed by atoms with Crippen LogP contribution in [-0.2, 0) is 6.54 Å². The molecule has 0 aliphatic carbocycles. The first-order chi connectivity index (χ1) is 9.63. The predicted octanol–water partition coefficient (Wildman–Crippen LogP) is 4.14. The lowest BCUT2D eigenvalue weighted by Crippen LogP contribution is -2.02. The van der Waals surface area contributed by atoms with Crippen molar-refractivity contribution in [1.82, 2.24) is 0 Å². The Hall–Kier alpha value is -2.18. The molecule has 0 aliphatic heterocycles. The van der Waals surface area contributed by atoms with Crippen LogP contribution in [0.25, 0.3) is 0 Å². The molecular formula is C16H15ClN2O.